The molecule has 0 radical (unpaired) electrons. The van der Waals surface area contributed by atoms with Crippen molar-refractivity contribution in [2.75, 3.05) is 31.0 Å². The summed E-state index contributed by atoms with van der Waals surface area (Å²) in [7, 11) is 1.62. The monoisotopic (exact) mass is 553 g/mol. The van der Waals surface area contributed by atoms with Crippen LogP contribution < -0.4 is 20.1 Å². The van der Waals surface area contributed by atoms with Gasteiger partial charge < -0.3 is 24.8 Å². The summed E-state index contributed by atoms with van der Waals surface area (Å²) >= 11 is 0. The van der Waals surface area contributed by atoms with Crippen LogP contribution in [0.4, 0.5) is 23.3 Å². The van der Waals surface area contributed by atoms with E-state index in [1.165, 1.54) is 38.3 Å². The molecular formula is C32H35N5O4. The molecule has 0 atom stereocenters. The van der Waals surface area contributed by atoms with Crippen molar-refractivity contribution in [1.82, 2.24) is 15.0 Å². The number of nitrogens with one attached hydrogen (secondary N) is 2. The molecule has 9 nitrogen and oxygen atoms in total. The zero-order chi connectivity index (χ0) is 28.4. The lowest BCUT2D eigenvalue weighted by Gasteiger charge is -2.22. The van der Waals surface area contributed by atoms with Gasteiger partial charge in [0, 0.05) is 18.0 Å². The van der Waals surface area contributed by atoms with Crippen LogP contribution in [0, 0.1) is 5.92 Å². The van der Waals surface area contributed by atoms with Crippen LogP contribution >= 0.6 is 0 Å². The predicted octanol–water partition coefficient (Wildman–Crippen LogP) is 7.17. The summed E-state index contributed by atoms with van der Waals surface area (Å²) in [6, 6.07) is 19.3. The van der Waals surface area contributed by atoms with E-state index >= 15 is 0 Å². The Kier molecular flexibility index (Phi) is 9.26. The largest absolute Gasteiger partial charge is 0.494 e. The number of hydrogen-bond acceptors (Lipinski definition) is 9. The molecule has 0 bridgehead atoms. The first-order valence-corrected chi connectivity index (χ1v) is 14.0. The minimum Gasteiger partial charge on any atom is -0.494 e. The summed E-state index contributed by atoms with van der Waals surface area (Å²) < 4.78 is 17.3. The van der Waals surface area contributed by atoms with Crippen molar-refractivity contribution in [2.24, 2.45) is 5.92 Å². The van der Waals surface area contributed by atoms with E-state index in [1.807, 2.05) is 54.6 Å². The van der Waals surface area contributed by atoms with E-state index in [4.69, 9.17) is 14.2 Å². The second-order valence-electron chi connectivity index (χ2n) is 9.87. The van der Waals surface area contributed by atoms with Gasteiger partial charge in [0.15, 0.2) is 5.82 Å². The van der Waals surface area contributed by atoms with Crippen molar-refractivity contribution in [3.05, 3.63) is 78.6 Å². The lowest BCUT2D eigenvalue weighted by Crippen LogP contribution is -2.15. The normalized spacial score (nSPS) is 13.3. The summed E-state index contributed by atoms with van der Waals surface area (Å²) in [4.78, 5) is 25.9. The smallest absolute Gasteiger partial charge is 0.343 e. The van der Waals surface area contributed by atoms with Crippen LogP contribution in [0.5, 0.6) is 11.5 Å². The molecule has 1 aliphatic rings. The van der Waals surface area contributed by atoms with Crippen LogP contribution in [-0.4, -0.2) is 41.2 Å². The molecule has 1 aliphatic carbocycles. The molecule has 0 aliphatic heterocycles. The molecule has 41 heavy (non-hydrogen) atoms. The molecule has 9 heteroatoms. The molecule has 1 saturated carbocycles. The summed E-state index contributed by atoms with van der Waals surface area (Å²) in [6.07, 6.45) is 9.47. The highest BCUT2D eigenvalue weighted by Gasteiger charge is 2.20. The Labute approximate surface area is 240 Å². The van der Waals surface area contributed by atoms with Crippen molar-refractivity contribution in [1.29, 1.82) is 0 Å². The Bertz CT molecular complexity index is 1460. The number of carbonyl (C=O) groups excluding carboxylic acids is 1. The molecule has 2 N–H and O–H groups in total. The number of ether oxygens (including phenoxy) is 3. The van der Waals surface area contributed by atoms with Crippen molar-refractivity contribution < 1.29 is 19.0 Å². The van der Waals surface area contributed by atoms with Gasteiger partial charge in [0.2, 0.25) is 5.95 Å². The number of esters is 1. The van der Waals surface area contributed by atoms with Gasteiger partial charge in [-0.05, 0) is 61.6 Å². The number of hydrogen-bond donors (Lipinski definition) is 2. The third-order valence-electron chi connectivity index (χ3n) is 7.02. The maximum atomic E-state index is 12.8. The number of anilines is 4. The highest BCUT2D eigenvalue weighted by molar-refractivity contribution is 5.96. The molecule has 0 saturated heterocycles. The minimum atomic E-state index is -0.530. The van der Waals surface area contributed by atoms with Gasteiger partial charge in [0.1, 0.15) is 22.9 Å². The number of rotatable bonds is 11. The van der Waals surface area contributed by atoms with Crippen LogP contribution in [0.3, 0.4) is 0 Å². The van der Waals surface area contributed by atoms with E-state index in [0.29, 0.717) is 23.2 Å². The number of methoxy groups -OCH3 is 1. The van der Waals surface area contributed by atoms with Crippen LogP contribution in [0.2, 0.25) is 0 Å². The topological polar surface area (TPSA) is 107 Å². The third-order valence-corrected chi connectivity index (χ3v) is 7.02. The third kappa shape index (κ3) is 7.11. The summed E-state index contributed by atoms with van der Waals surface area (Å²) in [6.45, 7) is 2.72. The molecule has 2 aromatic carbocycles. The Morgan fingerprint density at radius 2 is 1.83 bits per heavy atom. The van der Waals surface area contributed by atoms with Gasteiger partial charge in [-0.15, -0.1) is 0 Å². The standard InChI is InChI=1S/C32H35N5O4/c1-3-40-31(38)26-20-34-32(36-28-17-7-8-18-33-28)37-30(26)35-27-16-10-15-25(29(27)39-2)23-13-9-14-24(19-23)41-21-22-11-5-4-6-12-22/h7-10,13-20,22H,3-6,11-12,21H2,1-2H3,(H2,33,34,35,36,37). The van der Waals surface area contributed by atoms with Crippen molar-refractivity contribution >= 4 is 29.2 Å². The Hall–Kier alpha value is -4.66. The minimum absolute atomic E-state index is 0.198. The first-order valence-electron chi connectivity index (χ1n) is 14.0. The number of pyridine rings is 1. The summed E-state index contributed by atoms with van der Waals surface area (Å²) in [5.74, 6) is 2.65. The molecule has 2 aromatic heterocycles. The molecule has 0 amide bonds. The maximum absolute atomic E-state index is 12.8. The van der Waals surface area contributed by atoms with Crippen LogP contribution in [0.1, 0.15) is 49.4 Å². The Morgan fingerprint density at radius 3 is 2.61 bits per heavy atom. The Morgan fingerprint density at radius 1 is 0.976 bits per heavy atom. The van der Waals surface area contributed by atoms with Crippen LogP contribution in [0.25, 0.3) is 11.1 Å². The van der Waals surface area contributed by atoms with Gasteiger partial charge in [-0.25, -0.2) is 14.8 Å². The number of para-hydroxylation sites is 1. The molecule has 5 rings (SSSR count). The maximum Gasteiger partial charge on any atom is 0.343 e. The van der Waals surface area contributed by atoms with Gasteiger partial charge in [0.25, 0.3) is 0 Å². The van der Waals surface area contributed by atoms with Gasteiger partial charge in [-0.1, -0.05) is 49.6 Å². The first-order chi connectivity index (χ1) is 20.1. The highest BCUT2D eigenvalue weighted by atomic mass is 16.5. The quantitative estimate of drug-likeness (QED) is 0.187. The molecule has 0 unspecified atom stereocenters. The first kappa shape index (κ1) is 27.9. The van der Waals surface area contributed by atoms with Gasteiger partial charge in [-0.2, -0.15) is 4.98 Å². The fourth-order valence-corrected chi connectivity index (χ4v) is 4.98. The van der Waals surface area contributed by atoms with E-state index in [1.54, 1.807) is 26.3 Å². The van der Waals surface area contributed by atoms with Crippen LogP contribution in [0.15, 0.2) is 73.1 Å². The molecule has 4 aromatic rings. The molecule has 1 fully saturated rings. The Balaban J connectivity index is 1.43. The van der Waals surface area contributed by atoms with Crippen molar-refractivity contribution in [2.45, 2.75) is 39.0 Å². The molecule has 0 spiro atoms. The van der Waals surface area contributed by atoms with E-state index in [0.717, 1.165) is 23.5 Å². The van der Waals surface area contributed by atoms with Gasteiger partial charge in [0.05, 0.1) is 26.0 Å². The average Bonchev–Trinajstić information content (AvgIpc) is 3.01. The molecule has 212 valence electrons. The number of aromatic nitrogens is 3. The fraction of sp³-hybridized carbons (Fsp3) is 0.312. The molecular weight excluding hydrogens is 518 g/mol. The van der Waals surface area contributed by atoms with Gasteiger partial charge in [-0.3, -0.25) is 0 Å². The average molecular weight is 554 g/mol. The zero-order valence-corrected chi connectivity index (χ0v) is 23.4. The van der Waals surface area contributed by atoms with Gasteiger partial charge >= 0.3 is 5.97 Å². The fourth-order valence-electron chi connectivity index (χ4n) is 4.98. The van der Waals surface area contributed by atoms with E-state index in [2.05, 4.69) is 25.6 Å². The summed E-state index contributed by atoms with van der Waals surface area (Å²) in [5, 5.41) is 6.35. The lowest BCUT2D eigenvalue weighted by molar-refractivity contribution is 0.0526. The van der Waals surface area contributed by atoms with Crippen LogP contribution in [-0.2, 0) is 4.74 Å². The highest BCUT2D eigenvalue weighted by Crippen LogP contribution is 2.39. The van der Waals surface area contributed by atoms with Crippen molar-refractivity contribution in [3.8, 4) is 22.6 Å². The van der Waals surface area contributed by atoms with Crippen molar-refractivity contribution in [3.63, 3.8) is 0 Å². The number of carbonyl (C=O) groups is 1. The lowest BCUT2D eigenvalue weighted by atomic mass is 9.90. The van der Waals surface area contributed by atoms with E-state index < -0.39 is 5.97 Å². The predicted molar refractivity (Wildman–Crippen MR) is 159 cm³/mol. The van der Waals surface area contributed by atoms with E-state index in [-0.39, 0.29) is 23.9 Å². The number of nitrogens with zero attached hydrogens (tertiary/aromatic N) is 3. The van der Waals surface area contributed by atoms with E-state index in [9.17, 15) is 4.79 Å². The number of benzene rings is 2. The second-order valence-corrected chi connectivity index (χ2v) is 9.87. The zero-order valence-electron chi connectivity index (χ0n) is 23.4. The summed E-state index contributed by atoms with van der Waals surface area (Å²) in [5.41, 5.74) is 2.66. The molecule has 2 heterocycles. The second kappa shape index (κ2) is 13.6. The SMILES string of the molecule is CCOC(=O)c1cnc(Nc2ccccn2)nc1Nc1cccc(-c2cccc(OCC3CCCCC3)c2)c1OC.